The van der Waals surface area contributed by atoms with Crippen molar-refractivity contribution in [2.45, 2.75) is 39.7 Å². The van der Waals surface area contributed by atoms with Crippen molar-refractivity contribution in [2.24, 2.45) is 0 Å². The van der Waals surface area contributed by atoms with E-state index in [0.717, 1.165) is 5.56 Å². The molecule has 0 saturated heterocycles. The number of hydrogen-bond donors (Lipinski definition) is 0. The number of ether oxygens (including phenoxy) is 3. The predicted octanol–water partition coefficient (Wildman–Crippen LogP) is 5.35. The van der Waals surface area contributed by atoms with Crippen molar-refractivity contribution in [3.8, 4) is 34.3 Å². The van der Waals surface area contributed by atoms with Crippen molar-refractivity contribution in [3.63, 3.8) is 0 Å². The largest absolute Gasteiger partial charge is 0.496 e. The quantitative estimate of drug-likeness (QED) is 0.411. The highest BCUT2D eigenvalue weighted by molar-refractivity contribution is 6.32. The van der Waals surface area contributed by atoms with Gasteiger partial charge in [-0.15, -0.1) is 0 Å². The smallest absolute Gasteiger partial charge is 0.306 e. The molecule has 0 amide bonds. The lowest BCUT2D eigenvalue weighted by atomic mass is 10.0. The zero-order valence-corrected chi connectivity index (χ0v) is 18.7. The van der Waals surface area contributed by atoms with Gasteiger partial charge in [0.25, 0.3) is 5.89 Å². The summed E-state index contributed by atoms with van der Waals surface area (Å²) in [5, 5.41) is 4.57. The van der Waals surface area contributed by atoms with Crippen LogP contribution in [0, 0.1) is 0 Å². The van der Waals surface area contributed by atoms with Crippen molar-refractivity contribution in [3.05, 3.63) is 47.0 Å². The maximum atomic E-state index is 11.7. The van der Waals surface area contributed by atoms with E-state index in [9.17, 15) is 4.79 Å². The standard InChI is InChI=1S/C23H25ClN2O5/c1-5-29-20(27)12-10-15-7-6-8-17(21(15)28-4)22-25-23(31-26-22)16-9-11-19(18(24)13-16)30-14(2)3/h6-9,11,13-14H,5,10,12H2,1-4H3. The molecule has 0 N–H and O–H groups in total. The Bertz CT molecular complexity index is 1050. The molecular formula is C23H25ClN2O5. The average Bonchev–Trinajstić information content (AvgIpc) is 3.23. The minimum Gasteiger partial charge on any atom is -0.496 e. The van der Waals surface area contributed by atoms with Gasteiger partial charge in [0.1, 0.15) is 11.5 Å². The maximum Gasteiger partial charge on any atom is 0.306 e. The maximum absolute atomic E-state index is 11.7. The number of aromatic nitrogens is 2. The van der Waals surface area contributed by atoms with E-state index in [1.165, 1.54) is 0 Å². The van der Waals surface area contributed by atoms with Gasteiger partial charge in [-0.05, 0) is 57.0 Å². The number of carbonyl (C=O) groups excluding carboxylic acids is 1. The molecule has 0 bridgehead atoms. The molecule has 0 aliphatic rings. The van der Waals surface area contributed by atoms with Gasteiger partial charge in [-0.2, -0.15) is 4.98 Å². The number of halogens is 1. The molecule has 0 aliphatic heterocycles. The van der Waals surface area contributed by atoms with Gasteiger partial charge in [-0.3, -0.25) is 4.79 Å². The van der Waals surface area contributed by atoms with E-state index in [4.69, 9.17) is 30.3 Å². The van der Waals surface area contributed by atoms with Crippen LogP contribution in [0.1, 0.15) is 32.8 Å². The van der Waals surface area contributed by atoms with E-state index in [1.54, 1.807) is 26.2 Å². The predicted molar refractivity (Wildman–Crippen MR) is 117 cm³/mol. The number of esters is 1. The van der Waals surface area contributed by atoms with Gasteiger partial charge < -0.3 is 18.7 Å². The summed E-state index contributed by atoms with van der Waals surface area (Å²) in [5.41, 5.74) is 2.21. The molecule has 0 fully saturated rings. The molecule has 0 aliphatic carbocycles. The summed E-state index contributed by atoms with van der Waals surface area (Å²) in [4.78, 5) is 16.2. The molecule has 0 atom stereocenters. The molecule has 1 heterocycles. The Morgan fingerprint density at radius 2 is 2.03 bits per heavy atom. The van der Waals surface area contributed by atoms with E-state index in [1.807, 2.05) is 38.1 Å². The van der Waals surface area contributed by atoms with Crippen molar-refractivity contribution in [1.82, 2.24) is 10.1 Å². The van der Waals surface area contributed by atoms with E-state index >= 15 is 0 Å². The summed E-state index contributed by atoms with van der Waals surface area (Å²) in [6.45, 7) is 6.01. The number of carbonyl (C=O) groups is 1. The molecule has 3 rings (SSSR count). The van der Waals surface area contributed by atoms with Crippen LogP contribution in [-0.2, 0) is 16.0 Å². The zero-order chi connectivity index (χ0) is 22.4. The fraction of sp³-hybridized carbons (Fsp3) is 0.348. The van der Waals surface area contributed by atoms with E-state index in [-0.39, 0.29) is 18.5 Å². The molecule has 164 valence electrons. The summed E-state index contributed by atoms with van der Waals surface area (Å²) in [5.74, 6) is 1.64. The van der Waals surface area contributed by atoms with Gasteiger partial charge >= 0.3 is 5.97 Å². The van der Waals surface area contributed by atoms with Gasteiger partial charge in [0.15, 0.2) is 0 Å². The topological polar surface area (TPSA) is 83.7 Å². The number of aryl methyl sites for hydroxylation is 1. The molecule has 0 saturated carbocycles. The van der Waals surface area contributed by atoms with E-state index < -0.39 is 0 Å². The third kappa shape index (κ3) is 5.55. The molecule has 0 spiro atoms. The highest BCUT2D eigenvalue weighted by atomic mass is 35.5. The Hall–Kier alpha value is -3.06. The Kier molecular flexibility index (Phi) is 7.52. The van der Waals surface area contributed by atoms with Crippen LogP contribution in [0.15, 0.2) is 40.9 Å². The average molecular weight is 445 g/mol. The second-order valence-corrected chi connectivity index (χ2v) is 7.45. The third-order valence-electron chi connectivity index (χ3n) is 4.41. The Labute approximate surface area is 186 Å². The first-order valence-electron chi connectivity index (χ1n) is 10.0. The number of rotatable bonds is 9. The summed E-state index contributed by atoms with van der Waals surface area (Å²) in [7, 11) is 1.57. The van der Waals surface area contributed by atoms with Crippen molar-refractivity contribution in [1.29, 1.82) is 0 Å². The lowest BCUT2D eigenvalue weighted by Gasteiger charge is -2.11. The molecule has 7 nitrogen and oxygen atoms in total. The fourth-order valence-corrected chi connectivity index (χ4v) is 3.33. The molecule has 2 aromatic carbocycles. The number of nitrogens with zero attached hydrogens (tertiary/aromatic N) is 2. The van der Waals surface area contributed by atoms with Crippen LogP contribution < -0.4 is 9.47 Å². The number of hydrogen-bond acceptors (Lipinski definition) is 7. The van der Waals surface area contributed by atoms with Crippen LogP contribution in [-0.4, -0.2) is 35.9 Å². The third-order valence-corrected chi connectivity index (χ3v) is 4.71. The van der Waals surface area contributed by atoms with Crippen LogP contribution >= 0.6 is 11.6 Å². The molecule has 1 aromatic heterocycles. The highest BCUT2D eigenvalue weighted by Crippen LogP contribution is 2.35. The first-order chi connectivity index (χ1) is 14.9. The minimum absolute atomic E-state index is 0.0157. The van der Waals surface area contributed by atoms with Gasteiger partial charge in [-0.25, -0.2) is 0 Å². The highest BCUT2D eigenvalue weighted by Gasteiger charge is 2.18. The van der Waals surface area contributed by atoms with Gasteiger partial charge in [0, 0.05) is 12.0 Å². The molecule has 0 unspecified atom stereocenters. The summed E-state index contributed by atoms with van der Waals surface area (Å²) >= 11 is 6.33. The van der Waals surface area contributed by atoms with Crippen molar-refractivity contribution in [2.75, 3.05) is 13.7 Å². The lowest BCUT2D eigenvalue weighted by Crippen LogP contribution is -2.06. The van der Waals surface area contributed by atoms with E-state index in [0.29, 0.717) is 52.4 Å². The fourth-order valence-electron chi connectivity index (χ4n) is 3.10. The van der Waals surface area contributed by atoms with Crippen LogP contribution in [0.3, 0.4) is 0 Å². The molecule has 8 heteroatoms. The Morgan fingerprint density at radius 3 is 2.71 bits per heavy atom. The monoisotopic (exact) mass is 444 g/mol. The molecular weight excluding hydrogens is 420 g/mol. The second-order valence-electron chi connectivity index (χ2n) is 7.04. The van der Waals surface area contributed by atoms with Crippen LogP contribution in [0.25, 0.3) is 22.8 Å². The Morgan fingerprint density at radius 1 is 1.23 bits per heavy atom. The zero-order valence-electron chi connectivity index (χ0n) is 18.0. The molecule has 3 aromatic rings. The summed E-state index contributed by atoms with van der Waals surface area (Å²) < 4.78 is 21.7. The summed E-state index contributed by atoms with van der Waals surface area (Å²) in [6, 6.07) is 10.9. The van der Waals surface area contributed by atoms with Crippen molar-refractivity contribution < 1.29 is 23.5 Å². The first kappa shape index (κ1) is 22.6. The van der Waals surface area contributed by atoms with Crippen LogP contribution in [0.5, 0.6) is 11.5 Å². The number of para-hydroxylation sites is 1. The van der Waals surface area contributed by atoms with Crippen molar-refractivity contribution >= 4 is 17.6 Å². The number of methoxy groups -OCH3 is 1. The summed E-state index contributed by atoms with van der Waals surface area (Å²) in [6.07, 6.45) is 0.754. The molecule has 0 radical (unpaired) electrons. The van der Waals surface area contributed by atoms with E-state index in [2.05, 4.69) is 10.1 Å². The Balaban J connectivity index is 1.86. The SMILES string of the molecule is CCOC(=O)CCc1cccc(-c2noc(-c3ccc(OC(C)C)c(Cl)c3)n2)c1OC. The first-order valence-corrected chi connectivity index (χ1v) is 10.4. The van der Waals surface area contributed by atoms with Gasteiger partial charge in [0.2, 0.25) is 5.82 Å². The minimum atomic E-state index is -0.251. The van der Waals surface area contributed by atoms with Gasteiger partial charge in [-0.1, -0.05) is 28.9 Å². The number of benzene rings is 2. The lowest BCUT2D eigenvalue weighted by molar-refractivity contribution is -0.143. The van der Waals surface area contributed by atoms with Gasteiger partial charge in [0.05, 0.1) is 30.4 Å². The second kappa shape index (κ2) is 10.3. The van der Waals surface area contributed by atoms with Crippen LogP contribution in [0.4, 0.5) is 0 Å². The van der Waals surface area contributed by atoms with Crippen LogP contribution in [0.2, 0.25) is 5.02 Å². The normalized spacial score (nSPS) is 10.9. The molecule has 31 heavy (non-hydrogen) atoms.